The van der Waals surface area contributed by atoms with Gasteiger partial charge < -0.3 is 0 Å². The maximum Gasteiger partial charge on any atom is 0.272 e. The molecule has 0 aliphatic heterocycles. The van der Waals surface area contributed by atoms with E-state index in [0.29, 0.717) is 0 Å². The number of nitrogens with zero attached hydrogens (tertiary/aromatic N) is 2. The molecule has 0 unspecified atom stereocenters. The molecule has 84 valence electrons. The zero-order valence-corrected chi connectivity index (χ0v) is 10.2. The third-order valence-electron chi connectivity index (χ3n) is 1.60. The Morgan fingerprint density at radius 2 is 2.19 bits per heavy atom. The first-order valence-corrected chi connectivity index (χ1v) is 6.86. The van der Waals surface area contributed by atoms with Crippen LogP contribution in [0.15, 0.2) is 34.1 Å². The molecule has 0 radical (unpaired) electrons. The van der Waals surface area contributed by atoms with E-state index in [2.05, 4.69) is 14.7 Å². The summed E-state index contributed by atoms with van der Waals surface area (Å²) in [4.78, 5) is 7.52. The van der Waals surface area contributed by atoms with Crippen LogP contribution in [0.25, 0.3) is 0 Å². The summed E-state index contributed by atoms with van der Waals surface area (Å²) in [6.45, 7) is 0. The number of hydrogen-bond acceptors (Lipinski definition) is 5. The van der Waals surface area contributed by atoms with Gasteiger partial charge in [-0.25, -0.2) is 13.4 Å². The molecule has 0 amide bonds. The van der Waals surface area contributed by atoms with Gasteiger partial charge in [-0.1, -0.05) is 17.7 Å². The molecular weight excluding hydrogens is 270 g/mol. The molecule has 2 aromatic heterocycles. The highest BCUT2D eigenvalue weighted by Crippen LogP contribution is 2.19. The highest BCUT2D eigenvalue weighted by molar-refractivity contribution is 7.94. The molecule has 0 fully saturated rings. The number of hydrogen-bond donors (Lipinski definition) is 1. The van der Waals surface area contributed by atoms with Crippen LogP contribution in [0, 0.1) is 0 Å². The van der Waals surface area contributed by atoms with Crippen LogP contribution in [-0.2, 0) is 10.0 Å². The Bertz CT molecular complexity index is 583. The lowest BCUT2D eigenvalue weighted by Gasteiger charge is -2.04. The molecule has 0 aliphatic carbocycles. The number of nitrogens with one attached hydrogen (secondary N) is 1. The second-order valence-electron chi connectivity index (χ2n) is 2.76. The molecule has 0 bridgehead atoms. The molecule has 1 N–H and O–H groups in total. The lowest BCUT2D eigenvalue weighted by Crippen LogP contribution is -2.12. The molecule has 2 rings (SSSR count). The summed E-state index contributed by atoms with van der Waals surface area (Å²) in [6, 6.07) is 3.16. The van der Waals surface area contributed by atoms with Gasteiger partial charge >= 0.3 is 0 Å². The monoisotopic (exact) mass is 275 g/mol. The molecular formula is C8H6ClN3O2S2. The highest BCUT2D eigenvalue weighted by atomic mass is 35.5. The normalized spacial score (nSPS) is 11.3. The Balaban J connectivity index is 2.29. The van der Waals surface area contributed by atoms with E-state index >= 15 is 0 Å². The van der Waals surface area contributed by atoms with E-state index in [1.54, 1.807) is 11.4 Å². The van der Waals surface area contributed by atoms with Crippen LogP contribution in [0.1, 0.15) is 0 Å². The summed E-state index contributed by atoms with van der Waals surface area (Å²) in [5.41, 5.74) is 0. The van der Waals surface area contributed by atoms with E-state index in [0.717, 1.165) is 11.3 Å². The topological polar surface area (TPSA) is 72.0 Å². The van der Waals surface area contributed by atoms with E-state index in [-0.39, 0.29) is 15.2 Å². The van der Waals surface area contributed by atoms with E-state index < -0.39 is 10.0 Å². The van der Waals surface area contributed by atoms with Gasteiger partial charge in [0.05, 0.1) is 12.4 Å². The van der Waals surface area contributed by atoms with Crippen molar-refractivity contribution in [3.05, 3.63) is 35.1 Å². The number of halogens is 1. The van der Waals surface area contributed by atoms with E-state index in [1.807, 2.05) is 0 Å². The summed E-state index contributed by atoms with van der Waals surface area (Å²) in [6.07, 6.45) is 2.61. The zero-order valence-electron chi connectivity index (χ0n) is 7.79. The fraction of sp³-hybridized carbons (Fsp3) is 0. The van der Waals surface area contributed by atoms with Crippen molar-refractivity contribution in [1.29, 1.82) is 0 Å². The van der Waals surface area contributed by atoms with Gasteiger partial charge in [0.2, 0.25) is 0 Å². The number of thiophene rings is 1. The summed E-state index contributed by atoms with van der Waals surface area (Å²) < 4.78 is 26.0. The highest BCUT2D eigenvalue weighted by Gasteiger charge is 2.15. The third-order valence-corrected chi connectivity index (χ3v) is 4.54. The number of anilines is 1. The minimum Gasteiger partial charge on any atom is -0.261 e. The van der Waals surface area contributed by atoms with Gasteiger partial charge in [0, 0.05) is 0 Å². The average Bonchev–Trinajstić information content (AvgIpc) is 2.69. The van der Waals surface area contributed by atoms with Crippen molar-refractivity contribution in [2.45, 2.75) is 4.21 Å². The molecule has 8 heteroatoms. The smallest absolute Gasteiger partial charge is 0.261 e. The zero-order chi connectivity index (χ0) is 11.6. The Kier molecular flexibility index (Phi) is 3.08. The van der Waals surface area contributed by atoms with Crippen molar-refractivity contribution in [3.63, 3.8) is 0 Å². The van der Waals surface area contributed by atoms with Gasteiger partial charge in [-0.3, -0.25) is 9.71 Å². The van der Waals surface area contributed by atoms with Crippen molar-refractivity contribution >= 4 is 38.8 Å². The maximum absolute atomic E-state index is 11.8. The van der Waals surface area contributed by atoms with Crippen LogP contribution in [-0.4, -0.2) is 18.4 Å². The molecule has 0 spiro atoms. The molecule has 16 heavy (non-hydrogen) atoms. The Labute approximate surface area is 101 Å². The van der Waals surface area contributed by atoms with Crippen molar-refractivity contribution in [2.24, 2.45) is 0 Å². The van der Waals surface area contributed by atoms with Crippen LogP contribution in [0.2, 0.25) is 5.15 Å². The summed E-state index contributed by atoms with van der Waals surface area (Å²) in [7, 11) is -3.58. The fourth-order valence-corrected chi connectivity index (χ4v) is 3.12. The SMILES string of the molecule is O=S(=O)(Nc1cncc(Cl)n1)c1cccs1. The molecule has 0 aromatic carbocycles. The van der Waals surface area contributed by atoms with Crippen LogP contribution in [0.4, 0.5) is 5.82 Å². The van der Waals surface area contributed by atoms with Crippen LogP contribution in [0.5, 0.6) is 0 Å². The van der Waals surface area contributed by atoms with E-state index in [4.69, 9.17) is 11.6 Å². The lowest BCUT2D eigenvalue weighted by atomic mass is 10.7. The fourth-order valence-electron chi connectivity index (χ4n) is 0.996. The van der Waals surface area contributed by atoms with Gasteiger partial charge in [-0.15, -0.1) is 11.3 Å². The molecule has 0 saturated heterocycles. The Morgan fingerprint density at radius 1 is 1.38 bits per heavy atom. The lowest BCUT2D eigenvalue weighted by molar-refractivity contribution is 0.603. The second kappa shape index (κ2) is 4.36. The van der Waals surface area contributed by atoms with Gasteiger partial charge in [-0.05, 0) is 11.4 Å². The Morgan fingerprint density at radius 3 is 2.81 bits per heavy atom. The third kappa shape index (κ3) is 2.49. The van der Waals surface area contributed by atoms with Crippen molar-refractivity contribution < 1.29 is 8.42 Å². The van der Waals surface area contributed by atoms with Crippen molar-refractivity contribution in [1.82, 2.24) is 9.97 Å². The second-order valence-corrected chi connectivity index (χ2v) is 6.01. The van der Waals surface area contributed by atoms with Gasteiger partial charge in [0.1, 0.15) is 9.36 Å². The largest absolute Gasteiger partial charge is 0.272 e. The minimum atomic E-state index is -3.58. The molecule has 2 aromatic rings. The van der Waals surface area contributed by atoms with E-state index in [9.17, 15) is 8.42 Å². The maximum atomic E-state index is 11.8. The van der Waals surface area contributed by atoms with Gasteiger partial charge in [0.15, 0.2) is 5.82 Å². The first-order chi connectivity index (χ1) is 7.58. The number of aromatic nitrogens is 2. The van der Waals surface area contributed by atoms with Crippen LogP contribution >= 0.6 is 22.9 Å². The average molecular weight is 276 g/mol. The predicted molar refractivity (Wildman–Crippen MR) is 62.2 cm³/mol. The summed E-state index contributed by atoms with van der Waals surface area (Å²) in [5.74, 6) is 0.0981. The van der Waals surface area contributed by atoms with Gasteiger partial charge in [0.25, 0.3) is 10.0 Å². The van der Waals surface area contributed by atoms with Crippen molar-refractivity contribution in [2.75, 3.05) is 4.72 Å². The summed E-state index contributed by atoms with van der Waals surface area (Å²) >= 11 is 6.71. The summed E-state index contributed by atoms with van der Waals surface area (Å²) in [5, 5.41) is 1.81. The molecule has 0 aliphatic rings. The van der Waals surface area contributed by atoms with E-state index in [1.165, 1.54) is 18.5 Å². The van der Waals surface area contributed by atoms with Crippen LogP contribution < -0.4 is 4.72 Å². The quantitative estimate of drug-likeness (QED) is 0.930. The molecule has 0 atom stereocenters. The Hall–Kier alpha value is -1.18. The van der Waals surface area contributed by atoms with Gasteiger partial charge in [-0.2, -0.15) is 0 Å². The number of rotatable bonds is 3. The standard InChI is InChI=1S/C8H6ClN3O2S2/c9-6-4-10-5-7(11-6)12-16(13,14)8-2-1-3-15-8/h1-5H,(H,11,12). The molecule has 2 heterocycles. The first kappa shape index (κ1) is 11.3. The molecule has 0 saturated carbocycles. The predicted octanol–water partition coefficient (Wildman–Crippen LogP) is 1.99. The van der Waals surface area contributed by atoms with Crippen molar-refractivity contribution in [3.8, 4) is 0 Å². The first-order valence-electron chi connectivity index (χ1n) is 4.12. The minimum absolute atomic E-state index is 0.0981. The number of sulfonamides is 1. The van der Waals surface area contributed by atoms with Crippen LogP contribution in [0.3, 0.4) is 0 Å². The molecule has 5 nitrogen and oxygen atoms in total.